The second kappa shape index (κ2) is 3.72. The number of hydrogen-bond donors (Lipinski definition) is 4. The largest absolute Gasteiger partial charge is 0.383 e. The normalized spacial score (nSPS) is 9.75. The van der Waals surface area contributed by atoms with Crippen molar-refractivity contribution < 1.29 is 0 Å². The third kappa shape index (κ3) is 2.24. The van der Waals surface area contributed by atoms with E-state index in [0.717, 1.165) is 0 Å². The summed E-state index contributed by atoms with van der Waals surface area (Å²) in [6.45, 7) is 1.02. The van der Waals surface area contributed by atoms with Gasteiger partial charge in [0.05, 0.1) is 0 Å². The molecule has 1 aromatic heterocycles. The molecular formula is C6H11N5O. The zero-order chi connectivity index (χ0) is 8.97. The van der Waals surface area contributed by atoms with E-state index in [-0.39, 0.29) is 11.4 Å². The standard InChI is InChI=1S/C6H11N5O/c7-1-2-9-6-10-4(8)3-5(12)11-6/h3H,1-2,7H2,(H4,8,9,10,11,12). The SMILES string of the molecule is NCCNc1nc(N)cc(=O)[nH]1. The third-order valence-corrected chi connectivity index (χ3v) is 1.20. The maximum Gasteiger partial charge on any atom is 0.254 e. The van der Waals surface area contributed by atoms with Crippen molar-refractivity contribution >= 4 is 11.8 Å². The molecule has 0 saturated heterocycles. The molecule has 6 heteroatoms. The Hall–Kier alpha value is -1.56. The smallest absolute Gasteiger partial charge is 0.254 e. The van der Waals surface area contributed by atoms with Crippen molar-refractivity contribution in [1.82, 2.24) is 9.97 Å². The van der Waals surface area contributed by atoms with Crippen molar-refractivity contribution in [3.63, 3.8) is 0 Å². The number of aromatic amines is 1. The molecule has 0 saturated carbocycles. The van der Waals surface area contributed by atoms with Crippen LogP contribution < -0.4 is 22.3 Å². The number of rotatable bonds is 3. The molecule has 0 radical (unpaired) electrons. The van der Waals surface area contributed by atoms with Gasteiger partial charge in [0.15, 0.2) is 0 Å². The molecule has 1 aromatic rings. The summed E-state index contributed by atoms with van der Waals surface area (Å²) in [7, 11) is 0. The van der Waals surface area contributed by atoms with Gasteiger partial charge in [0.1, 0.15) is 5.82 Å². The first-order valence-corrected chi connectivity index (χ1v) is 3.53. The average Bonchev–Trinajstić information content (AvgIpc) is 1.99. The number of nitrogen functional groups attached to an aromatic ring is 1. The molecule has 66 valence electrons. The lowest BCUT2D eigenvalue weighted by Gasteiger charge is -2.02. The number of aromatic nitrogens is 2. The Morgan fingerprint density at radius 2 is 2.42 bits per heavy atom. The van der Waals surface area contributed by atoms with Gasteiger partial charge in [0, 0.05) is 19.2 Å². The minimum absolute atomic E-state index is 0.193. The van der Waals surface area contributed by atoms with Gasteiger partial charge in [-0.15, -0.1) is 0 Å². The van der Waals surface area contributed by atoms with Gasteiger partial charge in [0.2, 0.25) is 5.95 Å². The van der Waals surface area contributed by atoms with Crippen molar-refractivity contribution in [2.45, 2.75) is 0 Å². The Morgan fingerprint density at radius 1 is 1.67 bits per heavy atom. The molecule has 0 atom stereocenters. The van der Waals surface area contributed by atoms with Gasteiger partial charge in [-0.05, 0) is 0 Å². The molecule has 0 amide bonds. The van der Waals surface area contributed by atoms with Gasteiger partial charge in [-0.1, -0.05) is 0 Å². The quantitative estimate of drug-likeness (QED) is 0.450. The maximum atomic E-state index is 10.8. The molecule has 0 fully saturated rings. The van der Waals surface area contributed by atoms with Gasteiger partial charge in [-0.3, -0.25) is 9.78 Å². The van der Waals surface area contributed by atoms with Crippen LogP contribution in [0.15, 0.2) is 10.9 Å². The van der Waals surface area contributed by atoms with Crippen molar-refractivity contribution in [1.29, 1.82) is 0 Å². The predicted molar refractivity (Wildman–Crippen MR) is 46.8 cm³/mol. The third-order valence-electron chi connectivity index (χ3n) is 1.20. The first-order chi connectivity index (χ1) is 5.72. The second-order valence-electron chi connectivity index (χ2n) is 2.23. The van der Waals surface area contributed by atoms with Gasteiger partial charge in [0.25, 0.3) is 5.56 Å². The van der Waals surface area contributed by atoms with Crippen LogP contribution >= 0.6 is 0 Å². The van der Waals surface area contributed by atoms with Gasteiger partial charge in [-0.25, -0.2) is 0 Å². The summed E-state index contributed by atoms with van der Waals surface area (Å²) >= 11 is 0. The highest BCUT2D eigenvalue weighted by molar-refractivity contribution is 5.34. The lowest BCUT2D eigenvalue weighted by molar-refractivity contribution is 0.984. The molecule has 0 aromatic carbocycles. The molecule has 0 aliphatic carbocycles. The second-order valence-corrected chi connectivity index (χ2v) is 2.23. The van der Waals surface area contributed by atoms with Crippen LogP contribution in [0.4, 0.5) is 11.8 Å². The molecule has 0 aliphatic rings. The Labute approximate surface area is 69.0 Å². The monoisotopic (exact) mass is 169 g/mol. The fraction of sp³-hybridized carbons (Fsp3) is 0.333. The first-order valence-electron chi connectivity index (χ1n) is 3.53. The van der Waals surface area contributed by atoms with Crippen LogP contribution in [0.25, 0.3) is 0 Å². The Balaban J connectivity index is 2.79. The number of nitrogens with two attached hydrogens (primary N) is 2. The maximum absolute atomic E-state index is 10.8. The molecule has 6 N–H and O–H groups in total. The summed E-state index contributed by atoms with van der Waals surface area (Å²) in [6, 6.07) is 1.22. The van der Waals surface area contributed by atoms with Crippen LogP contribution in [0, 0.1) is 0 Å². The van der Waals surface area contributed by atoms with Crippen LogP contribution in [0.1, 0.15) is 0 Å². The van der Waals surface area contributed by atoms with Crippen LogP contribution in [-0.2, 0) is 0 Å². The van der Waals surface area contributed by atoms with E-state index in [0.29, 0.717) is 19.0 Å². The van der Waals surface area contributed by atoms with E-state index in [9.17, 15) is 4.79 Å². The van der Waals surface area contributed by atoms with Crippen LogP contribution in [0.5, 0.6) is 0 Å². The molecular weight excluding hydrogens is 158 g/mol. The Morgan fingerprint density at radius 3 is 3.00 bits per heavy atom. The molecule has 0 unspecified atom stereocenters. The Kier molecular flexibility index (Phi) is 2.65. The molecule has 1 heterocycles. The lowest BCUT2D eigenvalue weighted by Crippen LogP contribution is -2.18. The van der Waals surface area contributed by atoms with Gasteiger partial charge >= 0.3 is 0 Å². The number of hydrogen-bond acceptors (Lipinski definition) is 5. The van der Waals surface area contributed by atoms with E-state index in [4.69, 9.17) is 11.5 Å². The lowest BCUT2D eigenvalue weighted by atomic mass is 10.6. The minimum Gasteiger partial charge on any atom is -0.383 e. The van der Waals surface area contributed by atoms with Crippen LogP contribution in [-0.4, -0.2) is 23.1 Å². The van der Waals surface area contributed by atoms with E-state index < -0.39 is 0 Å². The topological polar surface area (TPSA) is 110 Å². The zero-order valence-electron chi connectivity index (χ0n) is 6.50. The van der Waals surface area contributed by atoms with E-state index in [1.807, 2.05) is 0 Å². The summed E-state index contributed by atoms with van der Waals surface area (Å²) < 4.78 is 0. The van der Waals surface area contributed by atoms with E-state index in [1.54, 1.807) is 0 Å². The highest BCUT2D eigenvalue weighted by Gasteiger charge is 1.95. The number of H-pyrrole nitrogens is 1. The van der Waals surface area contributed by atoms with Gasteiger partial charge in [-0.2, -0.15) is 4.98 Å². The molecule has 0 aliphatic heterocycles. The summed E-state index contributed by atoms with van der Waals surface area (Å²) in [5, 5.41) is 2.80. The first kappa shape index (κ1) is 8.54. The fourth-order valence-electron chi connectivity index (χ4n) is 0.751. The zero-order valence-corrected chi connectivity index (χ0v) is 6.50. The number of anilines is 2. The van der Waals surface area contributed by atoms with Crippen molar-refractivity contribution in [3.8, 4) is 0 Å². The van der Waals surface area contributed by atoms with Crippen molar-refractivity contribution in [3.05, 3.63) is 16.4 Å². The van der Waals surface area contributed by atoms with Crippen LogP contribution in [0.2, 0.25) is 0 Å². The van der Waals surface area contributed by atoms with Crippen molar-refractivity contribution in [2.75, 3.05) is 24.1 Å². The fourth-order valence-corrected chi connectivity index (χ4v) is 0.751. The van der Waals surface area contributed by atoms with Crippen molar-refractivity contribution in [2.24, 2.45) is 5.73 Å². The van der Waals surface area contributed by atoms with Gasteiger partial charge < -0.3 is 16.8 Å². The number of nitrogens with zero attached hydrogens (tertiary/aromatic N) is 1. The molecule has 0 spiro atoms. The highest BCUT2D eigenvalue weighted by atomic mass is 16.1. The highest BCUT2D eigenvalue weighted by Crippen LogP contribution is 1.95. The van der Waals surface area contributed by atoms with E-state index >= 15 is 0 Å². The molecule has 12 heavy (non-hydrogen) atoms. The van der Waals surface area contributed by atoms with Crippen LogP contribution in [0.3, 0.4) is 0 Å². The average molecular weight is 169 g/mol. The summed E-state index contributed by atoms with van der Waals surface area (Å²) in [5.74, 6) is 0.545. The summed E-state index contributed by atoms with van der Waals surface area (Å²) in [5.41, 5.74) is 10.3. The molecule has 6 nitrogen and oxygen atoms in total. The minimum atomic E-state index is -0.276. The van der Waals surface area contributed by atoms with E-state index in [2.05, 4.69) is 15.3 Å². The Bertz CT molecular complexity index is 307. The summed E-state index contributed by atoms with van der Waals surface area (Å²) in [6.07, 6.45) is 0. The van der Waals surface area contributed by atoms with E-state index in [1.165, 1.54) is 6.07 Å². The summed E-state index contributed by atoms with van der Waals surface area (Å²) in [4.78, 5) is 17.1. The predicted octanol–water partition coefficient (Wildman–Crippen LogP) is -1.28. The number of nitrogens with one attached hydrogen (secondary N) is 2. The molecule has 0 bridgehead atoms. The molecule has 1 rings (SSSR count).